The van der Waals surface area contributed by atoms with Crippen molar-refractivity contribution in [3.8, 4) is 0 Å². The lowest BCUT2D eigenvalue weighted by Gasteiger charge is -2.32. The Morgan fingerprint density at radius 2 is 2.14 bits per heavy atom. The van der Waals surface area contributed by atoms with E-state index in [1.165, 1.54) is 20.0 Å². The fraction of sp³-hybridized carbons (Fsp3) is 0.562. The summed E-state index contributed by atoms with van der Waals surface area (Å²) in [6, 6.07) is 5.88. The minimum Gasteiger partial charge on any atom is -0.465 e. The molecule has 1 aliphatic carbocycles. The van der Waals surface area contributed by atoms with Gasteiger partial charge in [-0.3, -0.25) is 0 Å². The van der Waals surface area contributed by atoms with Crippen LogP contribution in [0.4, 0.5) is 11.4 Å². The van der Waals surface area contributed by atoms with Gasteiger partial charge in [-0.25, -0.2) is 4.79 Å². The van der Waals surface area contributed by atoms with Crippen LogP contribution in [-0.2, 0) is 9.47 Å². The van der Waals surface area contributed by atoms with E-state index < -0.39 is 5.97 Å². The van der Waals surface area contributed by atoms with Crippen LogP contribution in [0.15, 0.2) is 18.2 Å². The maximum absolute atomic E-state index is 11.8. The van der Waals surface area contributed by atoms with Crippen LogP contribution in [0, 0.1) is 5.92 Å². The molecule has 0 amide bonds. The molecule has 5 heteroatoms. The van der Waals surface area contributed by atoms with E-state index in [1.807, 2.05) is 12.1 Å². The fourth-order valence-corrected chi connectivity index (χ4v) is 2.66. The van der Waals surface area contributed by atoms with E-state index in [4.69, 9.17) is 15.2 Å². The number of para-hydroxylation sites is 1. The number of carbonyl (C=O) groups is 1. The Morgan fingerprint density at radius 3 is 2.71 bits per heavy atom. The van der Waals surface area contributed by atoms with Gasteiger partial charge < -0.3 is 20.1 Å². The molecule has 1 aliphatic rings. The first-order valence-corrected chi connectivity index (χ1v) is 7.32. The molecule has 1 aromatic carbocycles. The summed E-state index contributed by atoms with van der Waals surface area (Å²) in [5, 5.41) is 0. The lowest BCUT2D eigenvalue weighted by atomic mass is 10.1. The number of benzene rings is 1. The Bertz CT molecular complexity index is 500. The van der Waals surface area contributed by atoms with Crippen molar-refractivity contribution in [2.45, 2.75) is 25.8 Å². The number of esters is 1. The van der Waals surface area contributed by atoms with E-state index in [0.29, 0.717) is 29.8 Å². The molecule has 1 atom stereocenters. The highest BCUT2D eigenvalue weighted by molar-refractivity contribution is 5.98. The Hall–Kier alpha value is -1.75. The van der Waals surface area contributed by atoms with Gasteiger partial charge in [-0.1, -0.05) is 6.07 Å². The SMILES string of the molecule is COCCN(c1cccc(C(=O)OC)c1N)C(C)C1CC1. The highest BCUT2D eigenvalue weighted by atomic mass is 16.5. The van der Waals surface area contributed by atoms with Crippen LogP contribution in [0.1, 0.15) is 30.1 Å². The second-order valence-corrected chi connectivity index (χ2v) is 5.49. The van der Waals surface area contributed by atoms with Crippen molar-refractivity contribution < 1.29 is 14.3 Å². The quantitative estimate of drug-likeness (QED) is 0.617. The summed E-state index contributed by atoms with van der Waals surface area (Å²) >= 11 is 0. The van der Waals surface area contributed by atoms with Gasteiger partial charge in [0.1, 0.15) is 0 Å². The lowest BCUT2D eigenvalue weighted by molar-refractivity contribution is 0.0602. The third-order valence-corrected chi connectivity index (χ3v) is 4.13. The van der Waals surface area contributed by atoms with Crippen LogP contribution in [0.5, 0.6) is 0 Å². The number of carbonyl (C=O) groups excluding carboxylic acids is 1. The molecule has 1 aromatic rings. The molecule has 116 valence electrons. The van der Waals surface area contributed by atoms with Crippen molar-refractivity contribution in [2.75, 3.05) is 38.0 Å². The van der Waals surface area contributed by atoms with E-state index >= 15 is 0 Å². The van der Waals surface area contributed by atoms with Gasteiger partial charge in [-0.05, 0) is 37.8 Å². The summed E-state index contributed by atoms with van der Waals surface area (Å²) in [6.07, 6.45) is 2.50. The Labute approximate surface area is 126 Å². The van der Waals surface area contributed by atoms with Crippen molar-refractivity contribution in [1.82, 2.24) is 0 Å². The van der Waals surface area contributed by atoms with Gasteiger partial charge in [0.05, 0.1) is 30.7 Å². The first-order valence-electron chi connectivity index (χ1n) is 7.32. The number of hydrogen-bond donors (Lipinski definition) is 1. The highest BCUT2D eigenvalue weighted by Crippen LogP contribution is 2.38. The average Bonchev–Trinajstić information content (AvgIpc) is 3.32. The van der Waals surface area contributed by atoms with E-state index in [2.05, 4.69) is 11.8 Å². The average molecular weight is 292 g/mol. The predicted octanol–water partition coefficient (Wildman–Crippen LogP) is 2.31. The summed E-state index contributed by atoms with van der Waals surface area (Å²) in [5.74, 6) is 0.295. The van der Waals surface area contributed by atoms with Crippen LogP contribution in [0.3, 0.4) is 0 Å². The van der Waals surface area contributed by atoms with E-state index in [0.717, 1.165) is 12.2 Å². The molecule has 2 rings (SSSR count). The maximum atomic E-state index is 11.8. The molecule has 0 aromatic heterocycles. The molecular formula is C16H24N2O3. The molecule has 2 N–H and O–H groups in total. The normalized spacial score (nSPS) is 15.6. The minimum atomic E-state index is -0.403. The van der Waals surface area contributed by atoms with Crippen LogP contribution in [0.2, 0.25) is 0 Å². The van der Waals surface area contributed by atoms with E-state index in [1.54, 1.807) is 13.2 Å². The zero-order chi connectivity index (χ0) is 15.4. The molecule has 5 nitrogen and oxygen atoms in total. The van der Waals surface area contributed by atoms with Gasteiger partial charge in [-0.15, -0.1) is 0 Å². The molecule has 0 bridgehead atoms. The van der Waals surface area contributed by atoms with Crippen LogP contribution < -0.4 is 10.6 Å². The number of nitrogens with zero attached hydrogens (tertiary/aromatic N) is 1. The summed E-state index contributed by atoms with van der Waals surface area (Å²) in [5.41, 5.74) is 7.99. The second kappa shape index (κ2) is 6.80. The second-order valence-electron chi connectivity index (χ2n) is 5.49. The predicted molar refractivity (Wildman–Crippen MR) is 83.6 cm³/mol. The van der Waals surface area contributed by atoms with Crippen molar-refractivity contribution in [1.29, 1.82) is 0 Å². The van der Waals surface area contributed by atoms with E-state index in [9.17, 15) is 4.79 Å². The van der Waals surface area contributed by atoms with Gasteiger partial charge in [0.15, 0.2) is 0 Å². The Balaban J connectivity index is 2.32. The molecule has 1 saturated carbocycles. The first kappa shape index (κ1) is 15.6. The molecule has 0 aliphatic heterocycles. The van der Waals surface area contributed by atoms with Gasteiger partial charge in [0.2, 0.25) is 0 Å². The number of hydrogen-bond acceptors (Lipinski definition) is 5. The molecule has 21 heavy (non-hydrogen) atoms. The zero-order valence-electron chi connectivity index (χ0n) is 13.0. The van der Waals surface area contributed by atoms with Crippen LogP contribution in [-0.4, -0.2) is 39.4 Å². The molecular weight excluding hydrogens is 268 g/mol. The summed E-state index contributed by atoms with van der Waals surface area (Å²) < 4.78 is 10.00. The van der Waals surface area contributed by atoms with Crippen LogP contribution >= 0.6 is 0 Å². The molecule has 0 saturated heterocycles. The first-order chi connectivity index (χ1) is 10.1. The largest absolute Gasteiger partial charge is 0.465 e. The number of anilines is 2. The Kier molecular flexibility index (Phi) is 5.07. The third kappa shape index (κ3) is 3.47. The fourth-order valence-electron chi connectivity index (χ4n) is 2.66. The number of nitrogen functional groups attached to an aromatic ring is 1. The monoisotopic (exact) mass is 292 g/mol. The topological polar surface area (TPSA) is 64.8 Å². The van der Waals surface area contributed by atoms with Gasteiger partial charge in [0.25, 0.3) is 0 Å². The summed E-state index contributed by atoms with van der Waals surface area (Å²) in [6.45, 7) is 3.58. The molecule has 0 radical (unpaired) electrons. The standard InChI is InChI=1S/C16H24N2O3/c1-11(12-7-8-12)18(9-10-20-2)14-6-4-5-13(15(14)17)16(19)21-3/h4-6,11-12H,7-10,17H2,1-3H3. The molecule has 1 fully saturated rings. The number of rotatable bonds is 7. The van der Waals surface area contributed by atoms with E-state index in [-0.39, 0.29) is 0 Å². The zero-order valence-corrected chi connectivity index (χ0v) is 13.0. The Morgan fingerprint density at radius 1 is 1.43 bits per heavy atom. The molecule has 0 spiro atoms. The van der Waals surface area contributed by atoms with Crippen molar-refractivity contribution in [2.24, 2.45) is 5.92 Å². The maximum Gasteiger partial charge on any atom is 0.340 e. The minimum absolute atomic E-state index is 0.385. The van der Waals surface area contributed by atoms with Crippen molar-refractivity contribution in [3.05, 3.63) is 23.8 Å². The van der Waals surface area contributed by atoms with Crippen LogP contribution in [0.25, 0.3) is 0 Å². The van der Waals surface area contributed by atoms with Gasteiger partial charge in [0, 0.05) is 19.7 Å². The van der Waals surface area contributed by atoms with Gasteiger partial charge in [-0.2, -0.15) is 0 Å². The van der Waals surface area contributed by atoms with Gasteiger partial charge >= 0.3 is 5.97 Å². The highest BCUT2D eigenvalue weighted by Gasteiger charge is 2.33. The summed E-state index contributed by atoms with van der Waals surface area (Å²) in [7, 11) is 3.05. The number of nitrogens with two attached hydrogens (primary N) is 1. The summed E-state index contributed by atoms with van der Waals surface area (Å²) in [4.78, 5) is 14.0. The smallest absolute Gasteiger partial charge is 0.340 e. The number of methoxy groups -OCH3 is 2. The number of ether oxygens (including phenoxy) is 2. The van der Waals surface area contributed by atoms with Crippen molar-refractivity contribution in [3.63, 3.8) is 0 Å². The van der Waals surface area contributed by atoms with Crippen molar-refractivity contribution >= 4 is 17.3 Å². The molecule has 0 heterocycles. The molecule has 1 unspecified atom stereocenters. The third-order valence-electron chi connectivity index (χ3n) is 4.13. The lowest BCUT2D eigenvalue weighted by Crippen LogP contribution is -2.38.